The Morgan fingerprint density at radius 1 is 1.38 bits per heavy atom. The number of hydrogen-bond donors (Lipinski definition) is 0. The van der Waals surface area contributed by atoms with E-state index in [4.69, 9.17) is 8.94 Å². The minimum absolute atomic E-state index is 0.0340. The van der Waals surface area contributed by atoms with E-state index in [2.05, 4.69) is 10.1 Å². The van der Waals surface area contributed by atoms with Crippen LogP contribution in [-0.4, -0.2) is 34.0 Å². The molecule has 1 amide bonds. The molecule has 0 aromatic carbocycles. The maximum atomic E-state index is 12.4. The van der Waals surface area contributed by atoms with E-state index in [1.165, 1.54) is 12.1 Å². The van der Waals surface area contributed by atoms with Crippen LogP contribution in [0.2, 0.25) is 0 Å². The number of likely N-dealkylation sites (tertiary alicyclic amines) is 1. The molecule has 21 heavy (non-hydrogen) atoms. The molecule has 110 valence electrons. The highest BCUT2D eigenvalue weighted by Gasteiger charge is 2.32. The average Bonchev–Trinajstić information content (AvgIpc) is 3.05. The molecule has 0 saturated carbocycles. The molecule has 1 atom stereocenters. The summed E-state index contributed by atoms with van der Waals surface area (Å²) in [5, 5.41) is 3.76. The van der Waals surface area contributed by atoms with Crippen LogP contribution < -0.4 is 5.43 Å². The van der Waals surface area contributed by atoms with Crippen molar-refractivity contribution in [2.24, 2.45) is 0 Å². The zero-order valence-corrected chi connectivity index (χ0v) is 11.8. The second-order valence-corrected chi connectivity index (χ2v) is 5.18. The molecular formula is C14H15N3O4. The highest BCUT2D eigenvalue weighted by molar-refractivity contribution is 5.91. The van der Waals surface area contributed by atoms with Gasteiger partial charge in [-0.05, 0) is 20.3 Å². The van der Waals surface area contributed by atoms with Gasteiger partial charge in [-0.15, -0.1) is 0 Å². The molecule has 7 heteroatoms. The Morgan fingerprint density at radius 2 is 2.19 bits per heavy atom. The Balaban J connectivity index is 1.76. The quantitative estimate of drug-likeness (QED) is 0.827. The molecular weight excluding hydrogens is 274 g/mol. The van der Waals surface area contributed by atoms with E-state index in [0.29, 0.717) is 30.6 Å². The van der Waals surface area contributed by atoms with Crippen molar-refractivity contribution >= 4 is 5.91 Å². The first-order valence-electron chi connectivity index (χ1n) is 6.74. The third-order valence-electron chi connectivity index (χ3n) is 3.47. The molecule has 7 nitrogen and oxygen atoms in total. The van der Waals surface area contributed by atoms with Gasteiger partial charge in [0, 0.05) is 25.2 Å². The summed E-state index contributed by atoms with van der Waals surface area (Å²) < 4.78 is 10.5. The standard InChI is InChI=1S/C14H15N3O4/c1-8-5-11(18)6-12(20-8)14(19)17-4-3-10(7-17)13-15-9(2)16-21-13/h5-6,10H,3-4,7H2,1-2H3/t10-/m0/s1. The van der Waals surface area contributed by atoms with Gasteiger partial charge < -0.3 is 13.8 Å². The Morgan fingerprint density at radius 3 is 2.86 bits per heavy atom. The molecule has 1 fully saturated rings. The van der Waals surface area contributed by atoms with Crippen molar-refractivity contribution < 1.29 is 13.7 Å². The first-order chi connectivity index (χ1) is 10.0. The first-order valence-corrected chi connectivity index (χ1v) is 6.74. The van der Waals surface area contributed by atoms with Crippen molar-refractivity contribution in [1.82, 2.24) is 15.0 Å². The molecule has 0 N–H and O–H groups in total. The lowest BCUT2D eigenvalue weighted by molar-refractivity contribution is 0.0753. The summed E-state index contributed by atoms with van der Waals surface area (Å²) in [5.41, 5.74) is -0.231. The number of hydrogen-bond acceptors (Lipinski definition) is 6. The molecule has 1 aliphatic rings. The molecule has 3 heterocycles. The molecule has 0 aliphatic carbocycles. The van der Waals surface area contributed by atoms with E-state index >= 15 is 0 Å². The van der Waals surface area contributed by atoms with E-state index in [1.54, 1.807) is 18.7 Å². The maximum absolute atomic E-state index is 12.4. The second-order valence-electron chi connectivity index (χ2n) is 5.18. The largest absolute Gasteiger partial charge is 0.456 e. The SMILES string of the molecule is Cc1noc([C@H]2CCN(C(=O)c3cc(=O)cc(C)o3)C2)n1. The minimum Gasteiger partial charge on any atom is -0.456 e. The number of nitrogens with zero attached hydrogens (tertiary/aromatic N) is 3. The third-order valence-corrected chi connectivity index (χ3v) is 3.47. The maximum Gasteiger partial charge on any atom is 0.289 e. The highest BCUT2D eigenvalue weighted by atomic mass is 16.5. The van der Waals surface area contributed by atoms with Crippen molar-refractivity contribution in [3.63, 3.8) is 0 Å². The molecule has 2 aromatic heterocycles. The smallest absolute Gasteiger partial charge is 0.289 e. The van der Waals surface area contributed by atoms with Crippen LogP contribution in [0.3, 0.4) is 0 Å². The molecule has 2 aromatic rings. The van der Waals surface area contributed by atoms with Gasteiger partial charge in [-0.3, -0.25) is 9.59 Å². The lowest BCUT2D eigenvalue weighted by Gasteiger charge is -2.14. The molecule has 0 unspecified atom stereocenters. The van der Waals surface area contributed by atoms with Gasteiger partial charge >= 0.3 is 0 Å². The fourth-order valence-electron chi connectivity index (χ4n) is 2.49. The summed E-state index contributed by atoms with van der Waals surface area (Å²) in [7, 11) is 0. The number of aryl methyl sites for hydroxylation is 2. The number of carbonyl (C=O) groups is 1. The van der Waals surface area contributed by atoms with Crippen LogP contribution in [0.1, 0.15) is 40.4 Å². The van der Waals surface area contributed by atoms with Gasteiger partial charge in [-0.25, -0.2) is 0 Å². The zero-order chi connectivity index (χ0) is 15.0. The molecule has 0 radical (unpaired) electrons. The predicted molar refractivity (Wildman–Crippen MR) is 72.0 cm³/mol. The number of rotatable bonds is 2. The fraction of sp³-hybridized carbons (Fsp3) is 0.429. The third kappa shape index (κ3) is 2.72. The van der Waals surface area contributed by atoms with Gasteiger partial charge in [0.25, 0.3) is 5.91 Å². The zero-order valence-electron chi connectivity index (χ0n) is 11.8. The summed E-state index contributed by atoms with van der Waals surface area (Å²) in [6, 6.07) is 2.57. The lowest BCUT2D eigenvalue weighted by Crippen LogP contribution is -2.29. The predicted octanol–water partition coefficient (Wildman–Crippen LogP) is 1.27. The van der Waals surface area contributed by atoms with Crippen molar-refractivity contribution in [2.75, 3.05) is 13.1 Å². The summed E-state index contributed by atoms with van der Waals surface area (Å²) in [4.78, 5) is 29.7. The van der Waals surface area contributed by atoms with E-state index in [0.717, 1.165) is 6.42 Å². The minimum atomic E-state index is -0.283. The van der Waals surface area contributed by atoms with E-state index in [1.807, 2.05) is 0 Å². The first kappa shape index (κ1) is 13.5. The molecule has 0 bridgehead atoms. The van der Waals surface area contributed by atoms with Crippen LogP contribution in [0.25, 0.3) is 0 Å². The van der Waals surface area contributed by atoms with Gasteiger partial charge in [0.15, 0.2) is 17.0 Å². The van der Waals surface area contributed by atoms with E-state index in [-0.39, 0.29) is 23.0 Å². The topological polar surface area (TPSA) is 89.4 Å². The molecule has 0 spiro atoms. The van der Waals surface area contributed by atoms with Crippen molar-refractivity contribution in [2.45, 2.75) is 26.2 Å². The Labute approximate surface area is 120 Å². The Kier molecular flexibility index (Phi) is 3.32. The lowest BCUT2D eigenvalue weighted by atomic mass is 10.1. The normalized spacial score (nSPS) is 18.2. The molecule has 1 aliphatic heterocycles. The summed E-state index contributed by atoms with van der Waals surface area (Å²) in [6.07, 6.45) is 0.753. The van der Waals surface area contributed by atoms with Gasteiger partial charge in [0.1, 0.15) is 5.76 Å². The molecule has 3 rings (SSSR count). The Bertz CT molecular complexity index is 734. The van der Waals surface area contributed by atoms with Crippen LogP contribution in [-0.2, 0) is 0 Å². The molecule has 1 saturated heterocycles. The van der Waals surface area contributed by atoms with Gasteiger partial charge in [0.2, 0.25) is 5.89 Å². The van der Waals surface area contributed by atoms with Gasteiger partial charge in [0.05, 0.1) is 5.92 Å². The van der Waals surface area contributed by atoms with Crippen LogP contribution in [0.5, 0.6) is 0 Å². The van der Waals surface area contributed by atoms with E-state index < -0.39 is 0 Å². The summed E-state index contributed by atoms with van der Waals surface area (Å²) in [5.74, 6) is 1.38. The summed E-state index contributed by atoms with van der Waals surface area (Å²) >= 11 is 0. The second kappa shape index (κ2) is 5.16. The fourth-order valence-corrected chi connectivity index (χ4v) is 2.49. The highest BCUT2D eigenvalue weighted by Crippen LogP contribution is 2.26. The van der Waals surface area contributed by atoms with Crippen LogP contribution in [0.4, 0.5) is 0 Å². The van der Waals surface area contributed by atoms with Crippen molar-refractivity contribution in [3.05, 3.63) is 45.6 Å². The number of aromatic nitrogens is 2. The monoisotopic (exact) mass is 289 g/mol. The Hall–Kier alpha value is -2.44. The van der Waals surface area contributed by atoms with Crippen LogP contribution in [0.15, 0.2) is 25.9 Å². The van der Waals surface area contributed by atoms with Gasteiger partial charge in [-0.2, -0.15) is 4.98 Å². The van der Waals surface area contributed by atoms with Crippen molar-refractivity contribution in [3.8, 4) is 0 Å². The number of carbonyl (C=O) groups excluding carboxylic acids is 1. The average molecular weight is 289 g/mol. The van der Waals surface area contributed by atoms with Crippen molar-refractivity contribution in [1.29, 1.82) is 0 Å². The van der Waals surface area contributed by atoms with E-state index in [9.17, 15) is 9.59 Å². The number of amides is 1. The van der Waals surface area contributed by atoms with Crippen LogP contribution in [0, 0.1) is 13.8 Å². The van der Waals surface area contributed by atoms with Gasteiger partial charge in [-0.1, -0.05) is 5.16 Å². The summed E-state index contributed by atoms with van der Waals surface area (Å²) in [6.45, 7) is 4.46. The van der Waals surface area contributed by atoms with Crippen LogP contribution >= 0.6 is 0 Å².